The maximum Gasteiger partial charge on any atom is 0.270 e. The fourth-order valence-electron chi connectivity index (χ4n) is 3.07. The molecule has 8 heteroatoms. The highest BCUT2D eigenvalue weighted by atomic mass is 32.2. The third-order valence-electron chi connectivity index (χ3n) is 4.33. The summed E-state index contributed by atoms with van der Waals surface area (Å²) in [7, 11) is 0. The number of nitrogens with zero attached hydrogens (tertiary/aromatic N) is 2. The van der Waals surface area contributed by atoms with Gasteiger partial charge in [-0.15, -0.1) is 11.3 Å². The Morgan fingerprint density at radius 3 is 2.89 bits per heavy atom. The largest absolute Gasteiger partial charge is 0.358 e. The zero-order valence-electron chi connectivity index (χ0n) is 14.8. The number of nitro groups is 1. The van der Waals surface area contributed by atoms with Crippen LogP contribution in [0.2, 0.25) is 0 Å². The Balaban J connectivity index is 1.50. The smallest absolute Gasteiger partial charge is 0.270 e. The fraction of sp³-hybridized carbons (Fsp3) is 0.100. The van der Waals surface area contributed by atoms with E-state index in [2.05, 4.69) is 9.97 Å². The molecule has 0 atom stereocenters. The number of hydrogen-bond acceptors (Lipinski definition) is 6. The van der Waals surface area contributed by atoms with Crippen molar-refractivity contribution in [2.45, 2.75) is 11.3 Å². The lowest BCUT2D eigenvalue weighted by Crippen LogP contribution is -2.03. The van der Waals surface area contributed by atoms with Gasteiger partial charge in [-0.25, -0.2) is 4.98 Å². The maximum atomic E-state index is 12.8. The zero-order chi connectivity index (χ0) is 19.7. The van der Waals surface area contributed by atoms with Crippen LogP contribution in [-0.4, -0.2) is 26.4 Å². The predicted octanol–water partition coefficient (Wildman–Crippen LogP) is 5.48. The Kier molecular flexibility index (Phi) is 4.97. The Morgan fingerprint density at radius 2 is 2.07 bits per heavy atom. The van der Waals surface area contributed by atoms with Gasteiger partial charge in [0.1, 0.15) is 0 Å². The first-order valence-corrected chi connectivity index (χ1v) is 10.3. The van der Waals surface area contributed by atoms with Crippen molar-refractivity contribution >= 4 is 45.5 Å². The molecule has 4 aromatic rings. The molecule has 0 spiro atoms. The minimum absolute atomic E-state index is 0.0321. The van der Waals surface area contributed by atoms with E-state index in [1.54, 1.807) is 12.1 Å². The van der Waals surface area contributed by atoms with Gasteiger partial charge >= 0.3 is 0 Å². The van der Waals surface area contributed by atoms with Crippen molar-refractivity contribution in [1.82, 2.24) is 9.97 Å². The number of aryl methyl sites for hydroxylation is 1. The number of carbonyl (C=O) groups is 1. The number of hydrogen-bond donors (Lipinski definition) is 1. The van der Waals surface area contributed by atoms with Gasteiger partial charge in [0.05, 0.1) is 16.4 Å². The van der Waals surface area contributed by atoms with E-state index < -0.39 is 4.92 Å². The van der Waals surface area contributed by atoms with Crippen LogP contribution in [0.4, 0.5) is 5.69 Å². The van der Waals surface area contributed by atoms with Gasteiger partial charge in [0.25, 0.3) is 5.69 Å². The van der Waals surface area contributed by atoms with E-state index in [4.69, 9.17) is 0 Å². The highest BCUT2D eigenvalue weighted by Gasteiger charge is 2.17. The number of benzene rings is 2. The lowest BCUT2D eigenvalue weighted by molar-refractivity contribution is -0.384. The number of aromatic amines is 1. The second-order valence-corrected chi connectivity index (χ2v) is 8.27. The van der Waals surface area contributed by atoms with E-state index in [0.29, 0.717) is 11.3 Å². The number of thioether (sulfide) groups is 1. The predicted molar refractivity (Wildman–Crippen MR) is 112 cm³/mol. The van der Waals surface area contributed by atoms with Crippen molar-refractivity contribution in [2.75, 3.05) is 5.75 Å². The number of non-ortho nitro benzene ring substituents is 1. The summed E-state index contributed by atoms with van der Waals surface area (Å²) in [6.07, 6.45) is 0. The monoisotopic (exact) mass is 409 g/mol. The van der Waals surface area contributed by atoms with E-state index in [-0.39, 0.29) is 17.2 Å². The third-order valence-corrected chi connectivity index (χ3v) is 6.36. The van der Waals surface area contributed by atoms with Crippen LogP contribution in [-0.2, 0) is 0 Å². The van der Waals surface area contributed by atoms with Gasteiger partial charge in [-0.3, -0.25) is 14.9 Å². The van der Waals surface area contributed by atoms with Gasteiger partial charge in [0, 0.05) is 45.2 Å². The van der Waals surface area contributed by atoms with E-state index in [1.807, 2.05) is 36.6 Å². The third kappa shape index (κ3) is 3.56. The molecule has 28 heavy (non-hydrogen) atoms. The molecule has 0 amide bonds. The molecular formula is C20H15N3O3S2. The molecule has 0 unspecified atom stereocenters. The molecule has 0 aliphatic heterocycles. The van der Waals surface area contributed by atoms with Gasteiger partial charge in [0.2, 0.25) is 0 Å². The van der Waals surface area contributed by atoms with Crippen LogP contribution in [0.25, 0.3) is 22.2 Å². The number of rotatable bonds is 6. The summed E-state index contributed by atoms with van der Waals surface area (Å²) in [6.45, 7) is 1.90. The van der Waals surface area contributed by atoms with Crippen LogP contribution < -0.4 is 0 Å². The first-order chi connectivity index (χ1) is 13.5. The first-order valence-electron chi connectivity index (χ1n) is 8.46. The van der Waals surface area contributed by atoms with E-state index in [0.717, 1.165) is 26.5 Å². The number of thiazole rings is 1. The molecule has 0 saturated heterocycles. The minimum atomic E-state index is -0.423. The van der Waals surface area contributed by atoms with Crippen molar-refractivity contribution in [3.63, 3.8) is 0 Å². The number of H-pyrrole nitrogens is 1. The van der Waals surface area contributed by atoms with Crippen LogP contribution in [0.3, 0.4) is 0 Å². The van der Waals surface area contributed by atoms with Crippen LogP contribution in [0.1, 0.15) is 16.1 Å². The highest BCUT2D eigenvalue weighted by molar-refractivity contribution is 8.01. The highest BCUT2D eigenvalue weighted by Crippen LogP contribution is 2.31. The summed E-state index contributed by atoms with van der Waals surface area (Å²) in [4.78, 5) is 31.1. The van der Waals surface area contributed by atoms with E-state index in [9.17, 15) is 14.9 Å². The van der Waals surface area contributed by atoms with Gasteiger partial charge in [0.15, 0.2) is 10.1 Å². The standard InChI is InChI=1S/C20H15N3O3S2/c1-12-19(15-7-2-3-8-16(15)21-12)18(24)11-28-20-22-17(10-27-20)13-5-4-6-14(9-13)23(25)26/h2-10,21H,11H2,1H3. The summed E-state index contributed by atoms with van der Waals surface area (Å²) in [5.41, 5.74) is 3.94. The van der Waals surface area contributed by atoms with Gasteiger partial charge < -0.3 is 4.98 Å². The van der Waals surface area contributed by atoms with Gasteiger partial charge in [-0.2, -0.15) is 0 Å². The van der Waals surface area contributed by atoms with E-state index >= 15 is 0 Å². The molecule has 2 aromatic heterocycles. The average molecular weight is 409 g/mol. The van der Waals surface area contributed by atoms with Gasteiger partial charge in [-0.05, 0) is 13.0 Å². The molecule has 4 rings (SSSR count). The van der Waals surface area contributed by atoms with Crippen molar-refractivity contribution in [3.8, 4) is 11.3 Å². The lowest BCUT2D eigenvalue weighted by atomic mass is 10.1. The molecule has 0 fully saturated rings. The Bertz CT molecular complexity index is 1200. The summed E-state index contributed by atoms with van der Waals surface area (Å²) >= 11 is 2.81. The minimum Gasteiger partial charge on any atom is -0.358 e. The Labute approximate surface area is 168 Å². The summed E-state index contributed by atoms with van der Waals surface area (Å²) in [5.74, 6) is 0.331. The summed E-state index contributed by atoms with van der Waals surface area (Å²) in [5, 5.41) is 13.7. The number of Topliss-reactive ketones (excluding diaryl/α,β-unsaturated/α-hetero) is 1. The molecule has 0 aliphatic rings. The molecule has 0 saturated carbocycles. The quantitative estimate of drug-likeness (QED) is 0.197. The van der Waals surface area contributed by atoms with Crippen LogP contribution in [0, 0.1) is 17.0 Å². The first kappa shape index (κ1) is 18.4. The zero-order valence-corrected chi connectivity index (χ0v) is 16.5. The number of ketones is 1. The molecular weight excluding hydrogens is 394 g/mol. The van der Waals surface area contributed by atoms with Crippen LogP contribution in [0.15, 0.2) is 58.3 Å². The second kappa shape index (κ2) is 7.57. The summed E-state index contributed by atoms with van der Waals surface area (Å²) in [6, 6.07) is 14.1. The molecule has 140 valence electrons. The van der Waals surface area contributed by atoms with Crippen molar-refractivity contribution in [1.29, 1.82) is 0 Å². The number of nitrogens with one attached hydrogen (secondary N) is 1. The topological polar surface area (TPSA) is 88.9 Å². The number of carbonyl (C=O) groups excluding carboxylic acids is 1. The Morgan fingerprint density at radius 1 is 1.25 bits per heavy atom. The average Bonchev–Trinajstić information content (AvgIpc) is 3.30. The molecule has 6 nitrogen and oxygen atoms in total. The number of para-hydroxylation sites is 1. The second-order valence-electron chi connectivity index (χ2n) is 6.19. The SMILES string of the molecule is Cc1[nH]c2ccccc2c1C(=O)CSc1nc(-c2cccc([N+](=O)[O-])c2)cs1. The molecule has 0 radical (unpaired) electrons. The van der Waals surface area contributed by atoms with Crippen molar-refractivity contribution in [2.24, 2.45) is 0 Å². The molecule has 2 heterocycles. The lowest BCUT2D eigenvalue weighted by Gasteiger charge is -2.00. The Hall–Kier alpha value is -2.97. The van der Waals surface area contributed by atoms with Crippen LogP contribution in [0.5, 0.6) is 0 Å². The van der Waals surface area contributed by atoms with Gasteiger partial charge in [-0.1, -0.05) is 42.1 Å². The summed E-state index contributed by atoms with van der Waals surface area (Å²) < 4.78 is 0.757. The fourth-order valence-corrected chi connectivity index (χ4v) is 4.78. The van der Waals surface area contributed by atoms with Crippen LogP contribution >= 0.6 is 23.1 Å². The number of aromatic nitrogens is 2. The number of fused-ring (bicyclic) bond motifs is 1. The van der Waals surface area contributed by atoms with Crippen molar-refractivity contribution in [3.05, 3.63) is 75.3 Å². The number of nitro benzene ring substituents is 1. The molecule has 1 N–H and O–H groups in total. The normalized spacial score (nSPS) is 11.0. The van der Waals surface area contributed by atoms with Crippen molar-refractivity contribution < 1.29 is 9.72 Å². The molecule has 2 aromatic carbocycles. The molecule has 0 bridgehead atoms. The maximum absolute atomic E-state index is 12.8. The van der Waals surface area contributed by atoms with E-state index in [1.165, 1.54) is 35.2 Å². The molecule has 0 aliphatic carbocycles.